The zero-order valence-corrected chi connectivity index (χ0v) is 9.84. The van der Waals surface area contributed by atoms with Gasteiger partial charge in [0.1, 0.15) is 0 Å². The van der Waals surface area contributed by atoms with Crippen molar-refractivity contribution in [3.8, 4) is 0 Å². The third kappa shape index (κ3) is 2.16. The van der Waals surface area contributed by atoms with E-state index in [0.717, 1.165) is 24.8 Å². The summed E-state index contributed by atoms with van der Waals surface area (Å²) in [5.41, 5.74) is 3.30. The van der Waals surface area contributed by atoms with E-state index in [1.54, 1.807) is 6.07 Å². The van der Waals surface area contributed by atoms with Crippen LogP contribution < -0.4 is 5.56 Å². The number of aromatic nitrogens is 1. The van der Waals surface area contributed by atoms with E-state index in [4.69, 9.17) is 0 Å². The van der Waals surface area contributed by atoms with E-state index >= 15 is 0 Å². The zero-order valence-electron chi connectivity index (χ0n) is 9.84. The van der Waals surface area contributed by atoms with Crippen LogP contribution in [0.2, 0.25) is 0 Å². The van der Waals surface area contributed by atoms with Crippen molar-refractivity contribution in [3.05, 3.63) is 45.7 Å². The summed E-state index contributed by atoms with van der Waals surface area (Å²) in [6.07, 6.45) is 3.27. The van der Waals surface area contributed by atoms with Crippen LogP contribution in [0.3, 0.4) is 0 Å². The Hall–Kier alpha value is -1.57. The van der Waals surface area contributed by atoms with Crippen molar-refractivity contribution in [2.24, 2.45) is 0 Å². The Labute approximate surface area is 95.3 Å². The number of hydrogen-bond acceptors (Lipinski definition) is 1. The Kier molecular flexibility index (Phi) is 3.09. The molecule has 1 N–H and O–H groups in total. The van der Waals surface area contributed by atoms with E-state index in [-0.39, 0.29) is 5.56 Å². The molecule has 1 aromatic heterocycles. The highest BCUT2D eigenvalue weighted by Crippen LogP contribution is 2.18. The van der Waals surface area contributed by atoms with Crippen molar-refractivity contribution in [2.75, 3.05) is 0 Å². The molecule has 0 spiro atoms. The summed E-state index contributed by atoms with van der Waals surface area (Å²) in [6, 6.07) is 7.96. The van der Waals surface area contributed by atoms with Gasteiger partial charge in [-0.25, -0.2) is 0 Å². The molecule has 0 aliphatic rings. The van der Waals surface area contributed by atoms with Crippen LogP contribution in [0, 0.1) is 6.92 Å². The van der Waals surface area contributed by atoms with Crippen molar-refractivity contribution in [3.63, 3.8) is 0 Å². The van der Waals surface area contributed by atoms with Gasteiger partial charge in [0.25, 0.3) is 0 Å². The Morgan fingerprint density at radius 1 is 1.25 bits per heavy atom. The molecular weight excluding hydrogens is 198 g/mol. The van der Waals surface area contributed by atoms with E-state index in [9.17, 15) is 4.79 Å². The molecule has 0 aliphatic carbocycles. The molecule has 2 heteroatoms. The fourth-order valence-corrected chi connectivity index (χ4v) is 2.02. The second-order valence-electron chi connectivity index (χ2n) is 4.31. The van der Waals surface area contributed by atoms with Crippen LogP contribution in [-0.2, 0) is 6.42 Å². The van der Waals surface area contributed by atoms with Crippen LogP contribution in [0.15, 0.2) is 29.1 Å². The number of hydrogen-bond donors (Lipinski definition) is 1. The molecule has 2 aromatic rings. The topological polar surface area (TPSA) is 32.9 Å². The van der Waals surface area contributed by atoms with Gasteiger partial charge in [-0.15, -0.1) is 0 Å². The van der Waals surface area contributed by atoms with E-state index in [0.29, 0.717) is 0 Å². The van der Waals surface area contributed by atoms with Gasteiger partial charge in [0, 0.05) is 17.0 Å². The lowest BCUT2D eigenvalue weighted by atomic mass is 10.0. The molecule has 0 fully saturated rings. The van der Waals surface area contributed by atoms with Crippen molar-refractivity contribution >= 4 is 10.9 Å². The first-order chi connectivity index (χ1) is 7.70. The molecule has 0 bridgehead atoms. The van der Waals surface area contributed by atoms with Crippen LogP contribution >= 0.6 is 0 Å². The molecule has 2 nitrogen and oxygen atoms in total. The lowest BCUT2D eigenvalue weighted by molar-refractivity contribution is 0.797. The number of nitrogens with one attached hydrogen (secondary N) is 1. The van der Waals surface area contributed by atoms with Crippen molar-refractivity contribution in [1.82, 2.24) is 4.98 Å². The molecule has 16 heavy (non-hydrogen) atoms. The summed E-state index contributed by atoms with van der Waals surface area (Å²) in [4.78, 5) is 14.4. The van der Waals surface area contributed by atoms with E-state index in [2.05, 4.69) is 24.0 Å². The Balaban J connectivity index is 2.58. The van der Waals surface area contributed by atoms with Crippen LogP contribution in [0.25, 0.3) is 10.9 Å². The number of aromatic amines is 1. The van der Waals surface area contributed by atoms with Crippen molar-refractivity contribution in [2.45, 2.75) is 33.1 Å². The highest BCUT2D eigenvalue weighted by atomic mass is 16.1. The molecule has 0 radical (unpaired) electrons. The van der Waals surface area contributed by atoms with Gasteiger partial charge in [-0.3, -0.25) is 4.79 Å². The SMILES string of the molecule is CCCCc1cc(=O)[nH]c2cc(C)ccc12. The van der Waals surface area contributed by atoms with Gasteiger partial charge >= 0.3 is 0 Å². The number of aryl methyl sites for hydroxylation is 2. The predicted octanol–water partition coefficient (Wildman–Crippen LogP) is 3.18. The number of rotatable bonds is 3. The van der Waals surface area contributed by atoms with Crippen LogP contribution in [0.4, 0.5) is 0 Å². The summed E-state index contributed by atoms with van der Waals surface area (Å²) in [6.45, 7) is 4.20. The van der Waals surface area contributed by atoms with Gasteiger partial charge in [-0.05, 0) is 37.0 Å². The minimum absolute atomic E-state index is 0.00389. The Morgan fingerprint density at radius 3 is 2.81 bits per heavy atom. The first kappa shape index (κ1) is 10.9. The maximum absolute atomic E-state index is 11.5. The molecule has 2 rings (SSSR count). The van der Waals surface area contributed by atoms with Gasteiger partial charge in [-0.1, -0.05) is 25.5 Å². The zero-order chi connectivity index (χ0) is 11.5. The second kappa shape index (κ2) is 4.52. The first-order valence-corrected chi connectivity index (χ1v) is 5.83. The van der Waals surface area contributed by atoms with Gasteiger partial charge in [0.15, 0.2) is 0 Å². The molecule has 0 amide bonds. The van der Waals surface area contributed by atoms with Gasteiger partial charge < -0.3 is 4.98 Å². The van der Waals surface area contributed by atoms with Gasteiger partial charge in [-0.2, -0.15) is 0 Å². The summed E-state index contributed by atoms with van der Waals surface area (Å²) in [7, 11) is 0. The molecule has 0 aliphatic heterocycles. The number of H-pyrrole nitrogens is 1. The maximum atomic E-state index is 11.5. The lowest BCUT2D eigenvalue weighted by Gasteiger charge is -2.06. The van der Waals surface area contributed by atoms with Crippen molar-refractivity contribution in [1.29, 1.82) is 0 Å². The first-order valence-electron chi connectivity index (χ1n) is 5.83. The second-order valence-corrected chi connectivity index (χ2v) is 4.31. The third-order valence-electron chi connectivity index (χ3n) is 2.88. The minimum Gasteiger partial charge on any atom is -0.322 e. The molecule has 84 valence electrons. The van der Waals surface area contributed by atoms with Crippen LogP contribution in [-0.4, -0.2) is 4.98 Å². The largest absolute Gasteiger partial charge is 0.322 e. The van der Waals surface area contributed by atoms with Crippen LogP contribution in [0.5, 0.6) is 0 Å². The summed E-state index contributed by atoms with van der Waals surface area (Å²) in [5.74, 6) is 0. The Bertz CT molecular complexity index is 554. The summed E-state index contributed by atoms with van der Waals surface area (Å²) in [5, 5.41) is 1.18. The number of fused-ring (bicyclic) bond motifs is 1. The quantitative estimate of drug-likeness (QED) is 0.838. The highest BCUT2D eigenvalue weighted by molar-refractivity contribution is 5.82. The Morgan fingerprint density at radius 2 is 2.06 bits per heavy atom. The van der Waals surface area contributed by atoms with E-state index in [1.165, 1.54) is 16.5 Å². The average molecular weight is 215 g/mol. The number of pyridine rings is 1. The summed E-state index contributed by atoms with van der Waals surface area (Å²) < 4.78 is 0. The van der Waals surface area contributed by atoms with E-state index < -0.39 is 0 Å². The fraction of sp³-hybridized carbons (Fsp3) is 0.357. The normalized spacial score (nSPS) is 10.9. The fourth-order valence-electron chi connectivity index (χ4n) is 2.02. The molecule has 0 saturated heterocycles. The van der Waals surface area contributed by atoms with E-state index in [1.807, 2.05) is 13.0 Å². The van der Waals surface area contributed by atoms with Crippen molar-refractivity contribution < 1.29 is 0 Å². The van der Waals surface area contributed by atoms with Gasteiger partial charge in [0.2, 0.25) is 5.56 Å². The monoisotopic (exact) mass is 215 g/mol. The standard InChI is InChI=1S/C14H17NO/c1-3-4-5-11-9-14(16)15-13-8-10(2)6-7-12(11)13/h6-9H,3-5H2,1-2H3,(H,15,16). The maximum Gasteiger partial charge on any atom is 0.248 e. The minimum atomic E-state index is 0.00389. The number of benzene rings is 1. The average Bonchev–Trinajstić information content (AvgIpc) is 2.25. The smallest absolute Gasteiger partial charge is 0.248 e. The predicted molar refractivity (Wildman–Crippen MR) is 67.9 cm³/mol. The number of unbranched alkanes of at least 4 members (excludes halogenated alkanes) is 1. The third-order valence-corrected chi connectivity index (χ3v) is 2.88. The highest BCUT2D eigenvalue weighted by Gasteiger charge is 2.03. The molecule has 0 atom stereocenters. The molecule has 0 unspecified atom stereocenters. The molecule has 1 aromatic carbocycles. The molecule has 0 saturated carbocycles. The molecular formula is C14H17NO. The van der Waals surface area contributed by atoms with Gasteiger partial charge in [0.05, 0.1) is 0 Å². The lowest BCUT2D eigenvalue weighted by Crippen LogP contribution is -2.06. The summed E-state index contributed by atoms with van der Waals surface area (Å²) >= 11 is 0. The molecule has 1 heterocycles. The van der Waals surface area contributed by atoms with Crippen LogP contribution in [0.1, 0.15) is 30.9 Å².